The molecule has 122 valence electrons. The van der Waals surface area contributed by atoms with Crippen molar-refractivity contribution in [2.45, 2.75) is 13.8 Å². The summed E-state index contributed by atoms with van der Waals surface area (Å²) in [5.41, 5.74) is 3.90. The number of aromatic carboxylic acids is 1. The summed E-state index contributed by atoms with van der Waals surface area (Å²) in [7, 11) is 1.60. The van der Waals surface area contributed by atoms with Gasteiger partial charge in [-0.05, 0) is 37.6 Å². The summed E-state index contributed by atoms with van der Waals surface area (Å²) in [5.74, 6) is 0.209. The van der Waals surface area contributed by atoms with Gasteiger partial charge in [0.05, 0.1) is 12.8 Å². The van der Waals surface area contributed by atoms with Crippen molar-refractivity contribution in [2.75, 3.05) is 7.11 Å². The molecule has 3 rings (SSSR count). The fraction of sp³-hybridized carbons (Fsp3) is 0.158. The molecule has 0 aliphatic heterocycles. The largest absolute Gasteiger partial charge is 0.497 e. The smallest absolute Gasteiger partial charge is 0.356 e. The van der Waals surface area contributed by atoms with E-state index in [1.807, 2.05) is 54.8 Å². The van der Waals surface area contributed by atoms with Gasteiger partial charge in [-0.25, -0.2) is 9.78 Å². The molecule has 1 heterocycles. The van der Waals surface area contributed by atoms with E-state index in [1.165, 1.54) is 0 Å². The second-order valence-corrected chi connectivity index (χ2v) is 5.65. The topological polar surface area (TPSA) is 64.3 Å². The third kappa shape index (κ3) is 2.88. The number of imidazole rings is 1. The number of aryl methyl sites for hydroxylation is 2. The predicted octanol–water partition coefficient (Wildman–Crippen LogP) is 3.86. The predicted molar refractivity (Wildman–Crippen MR) is 92.0 cm³/mol. The van der Waals surface area contributed by atoms with Gasteiger partial charge in [0.15, 0.2) is 5.69 Å². The van der Waals surface area contributed by atoms with Crippen LogP contribution in [0.2, 0.25) is 0 Å². The fourth-order valence-electron chi connectivity index (χ4n) is 2.71. The first-order valence-electron chi connectivity index (χ1n) is 7.54. The highest BCUT2D eigenvalue weighted by Crippen LogP contribution is 2.27. The van der Waals surface area contributed by atoms with E-state index in [0.29, 0.717) is 11.6 Å². The van der Waals surface area contributed by atoms with Gasteiger partial charge in [0.2, 0.25) is 0 Å². The Kier molecular flexibility index (Phi) is 4.08. The number of carboxylic acid groups (broad SMARTS) is 1. The van der Waals surface area contributed by atoms with E-state index in [2.05, 4.69) is 11.1 Å². The van der Waals surface area contributed by atoms with Crippen LogP contribution in [0.3, 0.4) is 0 Å². The molecule has 24 heavy (non-hydrogen) atoms. The third-order valence-corrected chi connectivity index (χ3v) is 3.86. The molecule has 1 N–H and O–H groups in total. The standard InChI is InChI=1S/C19H18N2O3/c1-12-7-8-17(13(2)9-12)21-11-16(19(22)23)20-18(21)14-5-4-6-15(10-14)24-3/h4-11H,1-3H3,(H,22,23). The van der Waals surface area contributed by atoms with Gasteiger partial charge in [-0.3, -0.25) is 4.57 Å². The summed E-state index contributed by atoms with van der Waals surface area (Å²) < 4.78 is 7.07. The molecule has 5 nitrogen and oxygen atoms in total. The van der Waals surface area contributed by atoms with Gasteiger partial charge in [0, 0.05) is 11.8 Å². The van der Waals surface area contributed by atoms with Crippen molar-refractivity contribution < 1.29 is 14.6 Å². The first-order valence-corrected chi connectivity index (χ1v) is 7.54. The summed E-state index contributed by atoms with van der Waals surface area (Å²) in [6.45, 7) is 4.02. The fourth-order valence-corrected chi connectivity index (χ4v) is 2.71. The van der Waals surface area contributed by atoms with Crippen LogP contribution in [0.1, 0.15) is 21.6 Å². The Morgan fingerprint density at radius 2 is 1.96 bits per heavy atom. The zero-order valence-corrected chi connectivity index (χ0v) is 13.8. The molecular weight excluding hydrogens is 304 g/mol. The van der Waals surface area contributed by atoms with Gasteiger partial charge in [-0.15, -0.1) is 0 Å². The number of carbonyl (C=O) groups is 1. The Morgan fingerprint density at radius 3 is 2.62 bits per heavy atom. The van der Waals surface area contributed by atoms with Gasteiger partial charge in [0.25, 0.3) is 0 Å². The Hall–Kier alpha value is -3.08. The van der Waals surface area contributed by atoms with Crippen LogP contribution in [0, 0.1) is 13.8 Å². The minimum Gasteiger partial charge on any atom is -0.497 e. The van der Waals surface area contributed by atoms with E-state index in [-0.39, 0.29) is 5.69 Å². The summed E-state index contributed by atoms with van der Waals surface area (Å²) in [5, 5.41) is 9.33. The molecule has 3 aromatic rings. The van der Waals surface area contributed by atoms with Crippen LogP contribution in [0.4, 0.5) is 0 Å². The lowest BCUT2D eigenvalue weighted by atomic mass is 10.1. The molecule has 0 amide bonds. The van der Waals surface area contributed by atoms with E-state index in [0.717, 1.165) is 22.4 Å². The van der Waals surface area contributed by atoms with Crippen LogP contribution >= 0.6 is 0 Å². The lowest BCUT2D eigenvalue weighted by molar-refractivity contribution is 0.0691. The summed E-state index contributed by atoms with van der Waals surface area (Å²) in [4.78, 5) is 15.7. The molecule has 0 aliphatic carbocycles. The normalized spacial score (nSPS) is 10.6. The molecule has 0 saturated carbocycles. The van der Waals surface area contributed by atoms with Gasteiger partial charge in [-0.1, -0.05) is 29.8 Å². The van der Waals surface area contributed by atoms with Crippen molar-refractivity contribution in [3.8, 4) is 22.8 Å². The molecule has 1 aromatic heterocycles. The third-order valence-electron chi connectivity index (χ3n) is 3.86. The zero-order valence-electron chi connectivity index (χ0n) is 13.8. The number of carboxylic acids is 1. The van der Waals surface area contributed by atoms with E-state index in [4.69, 9.17) is 4.74 Å². The number of methoxy groups -OCH3 is 1. The Morgan fingerprint density at radius 1 is 1.17 bits per heavy atom. The first kappa shape index (κ1) is 15.8. The average molecular weight is 322 g/mol. The van der Waals surface area contributed by atoms with Crippen LogP contribution in [-0.2, 0) is 0 Å². The van der Waals surface area contributed by atoms with Gasteiger partial charge in [0.1, 0.15) is 11.6 Å². The first-order chi connectivity index (χ1) is 11.5. The van der Waals surface area contributed by atoms with Crippen LogP contribution in [-0.4, -0.2) is 27.7 Å². The SMILES string of the molecule is COc1cccc(-c2nc(C(=O)O)cn2-c2ccc(C)cc2C)c1. The second kappa shape index (κ2) is 6.20. The van der Waals surface area contributed by atoms with E-state index in [1.54, 1.807) is 13.3 Å². The van der Waals surface area contributed by atoms with Crippen LogP contribution < -0.4 is 4.74 Å². The van der Waals surface area contributed by atoms with Crippen molar-refractivity contribution in [3.05, 3.63) is 65.5 Å². The minimum absolute atomic E-state index is 0.00722. The number of nitrogens with zero attached hydrogens (tertiary/aromatic N) is 2. The molecule has 0 saturated heterocycles. The highest BCUT2D eigenvalue weighted by atomic mass is 16.5. The van der Waals surface area contributed by atoms with Gasteiger partial charge < -0.3 is 9.84 Å². The summed E-state index contributed by atoms with van der Waals surface area (Å²) in [6, 6.07) is 13.5. The van der Waals surface area contributed by atoms with E-state index in [9.17, 15) is 9.90 Å². The van der Waals surface area contributed by atoms with Crippen molar-refractivity contribution in [1.82, 2.24) is 9.55 Å². The van der Waals surface area contributed by atoms with Crippen molar-refractivity contribution >= 4 is 5.97 Å². The van der Waals surface area contributed by atoms with Crippen LogP contribution in [0.15, 0.2) is 48.7 Å². The van der Waals surface area contributed by atoms with Crippen LogP contribution in [0.5, 0.6) is 5.75 Å². The van der Waals surface area contributed by atoms with Crippen LogP contribution in [0.25, 0.3) is 17.1 Å². The molecule has 2 aromatic carbocycles. The maximum Gasteiger partial charge on any atom is 0.356 e. The number of rotatable bonds is 4. The number of benzene rings is 2. The number of aromatic nitrogens is 2. The number of ether oxygens (including phenoxy) is 1. The Balaban J connectivity index is 2.23. The lowest BCUT2D eigenvalue weighted by Gasteiger charge is -2.12. The lowest BCUT2D eigenvalue weighted by Crippen LogP contribution is -1.99. The maximum atomic E-state index is 11.4. The quantitative estimate of drug-likeness (QED) is 0.792. The van der Waals surface area contributed by atoms with Gasteiger partial charge in [-0.2, -0.15) is 0 Å². The van der Waals surface area contributed by atoms with Crippen molar-refractivity contribution in [1.29, 1.82) is 0 Å². The molecule has 0 bridgehead atoms. The molecule has 5 heteroatoms. The molecule has 0 radical (unpaired) electrons. The Labute approximate surface area is 140 Å². The molecule has 0 fully saturated rings. The minimum atomic E-state index is -1.05. The summed E-state index contributed by atoms with van der Waals surface area (Å²) in [6.07, 6.45) is 1.55. The summed E-state index contributed by atoms with van der Waals surface area (Å²) >= 11 is 0. The molecular formula is C19H18N2O3. The monoisotopic (exact) mass is 322 g/mol. The molecule has 0 unspecified atom stereocenters. The van der Waals surface area contributed by atoms with Crippen molar-refractivity contribution in [3.63, 3.8) is 0 Å². The molecule has 0 atom stereocenters. The average Bonchev–Trinajstić information content (AvgIpc) is 3.00. The van der Waals surface area contributed by atoms with E-state index < -0.39 is 5.97 Å². The number of hydrogen-bond acceptors (Lipinski definition) is 3. The number of hydrogen-bond donors (Lipinski definition) is 1. The maximum absolute atomic E-state index is 11.4. The zero-order chi connectivity index (χ0) is 17.3. The van der Waals surface area contributed by atoms with Crippen molar-refractivity contribution in [2.24, 2.45) is 0 Å². The second-order valence-electron chi connectivity index (χ2n) is 5.65. The highest BCUT2D eigenvalue weighted by molar-refractivity contribution is 5.86. The Bertz CT molecular complexity index is 913. The molecule has 0 spiro atoms. The van der Waals surface area contributed by atoms with Gasteiger partial charge >= 0.3 is 5.97 Å². The van der Waals surface area contributed by atoms with E-state index >= 15 is 0 Å². The highest BCUT2D eigenvalue weighted by Gasteiger charge is 2.17. The molecule has 0 aliphatic rings.